The molecule has 2 N–H and O–H groups in total. The minimum absolute atomic E-state index is 0.0852. The summed E-state index contributed by atoms with van der Waals surface area (Å²) < 4.78 is 5.42. The zero-order valence-electron chi connectivity index (χ0n) is 7.83. The van der Waals surface area contributed by atoms with Gasteiger partial charge in [-0.15, -0.1) is 0 Å². The molecule has 0 aromatic carbocycles. The molecular formula is C8H17NO3. The molecule has 12 heavy (non-hydrogen) atoms. The summed E-state index contributed by atoms with van der Waals surface area (Å²) in [4.78, 5) is 9.94. The molecule has 0 heterocycles. The van der Waals surface area contributed by atoms with Crippen LogP contribution in [0.5, 0.6) is 0 Å². The van der Waals surface area contributed by atoms with E-state index in [1.54, 1.807) is 0 Å². The molecule has 0 aromatic rings. The normalized spacial score (nSPS) is 14.0. The second kappa shape index (κ2) is 5.11. The Morgan fingerprint density at radius 1 is 1.58 bits per heavy atom. The Kier molecular flexibility index (Phi) is 4.85. The Hall–Kier alpha value is -0.610. The third-order valence-corrected chi connectivity index (χ3v) is 1.15. The van der Waals surface area contributed by atoms with E-state index in [9.17, 15) is 4.79 Å². The highest BCUT2D eigenvalue weighted by atomic mass is 16.5. The number of aliphatic hydroxyl groups is 1. The summed E-state index contributed by atoms with van der Waals surface area (Å²) >= 11 is 0. The first kappa shape index (κ1) is 11.4. The quantitative estimate of drug-likeness (QED) is 0.574. The highest BCUT2D eigenvalue weighted by molar-refractivity contribution is 5.45. The van der Waals surface area contributed by atoms with Gasteiger partial charge in [-0.25, -0.2) is 0 Å². The zero-order valence-corrected chi connectivity index (χ0v) is 7.83. The van der Waals surface area contributed by atoms with Gasteiger partial charge < -0.3 is 15.2 Å². The van der Waals surface area contributed by atoms with E-state index in [0.29, 0.717) is 13.0 Å². The van der Waals surface area contributed by atoms with Gasteiger partial charge in [-0.1, -0.05) is 0 Å². The van der Waals surface area contributed by atoms with Crippen molar-refractivity contribution in [3.63, 3.8) is 0 Å². The lowest BCUT2D eigenvalue weighted by atomic mass is 10.2. The van der Waals surface area contributed by atoms with E-state index < -0.39 is 0 Å². The first-order valence-electron chi connectivity index (χ1n) is 3.95. The van der Waals surface area contributed by atoms with Crippen molar-refractivity contribution in [3.05, 3.63) is 0 Å². The monoisotopic (exact) mass is 175 g/mol. The molecule has 0 fully saturated rings. The van der Waals surface area contributed by atoms with E-state index in [1.165, 1.54) is 0 Å². The maximum Gasteiger partial charge on any atom is 0.207 e. The maximum atomic E-state index is 9.94. The highest BCUT2D eigenvalue weighted by Gasteiger charge is 2.17. The van der Waals surface area contributed by atoms with Gasteiger partial charge in [0, 0.05) is 6.54 Å². The summed E-state index contributed by atoms with van der Waals surface area (Å²) in [5.41, 5.74) is -0.294. The predicted octanol–water partition coefficient (Wildman–Crippen LogP) is -0.0916. The molecule has 1 unspecified atom stereocenters. The summed E-state index contributed by atoms with van der Waals surface area (Å²) in [6.45, 7) is 5.96. The SMILES string of the molecule is CC(C)(C)OC(CO)CNC=O. The molecule has 0 aliphatic rings. The van der Waals surface area contributed by atoms with Crippen LogP contribution in [0, 0.1) is 0 Å². The van der Waals surface area contributed by atoms with Crippen LogP contribution in [0.15, 0.2) is 0 Å². The Morgan fingerprint density at radius 2 is 2.17 bits per heavy atom. The lowest BCUT2D eigenvalue weighted by molar-refractivity contribution is -0.112. The fourth-order valence-corrected chi connectivity index (χ4v) is 0.823. The molecule has 0 rings (SSSR count). The largest absolute Gasteiger partial charge is 0.394 e. The van der Waals surface area contributed by atoms with E-state index in [2.05, 4.69) is 5.32 Å². The molecule has 0 aliphatic heterocycles. The number of carbonyl (C=O) groups excluding carboxylic acids is 1. The molecular weight excluding hydrogens is 158 g/mol. The average molecular weight is 175 g/mol. The lowest BCUT2D eigenvalue weighted by Crippen LogP contribution is -2.37. The van der Waals surface area contributed by atoms with Gasteiger partial charge in [-0.3, -0.25) is 4.79 Å². The van der Waals surface area contributed by atoms with Crippen molar-refractivity contribution >= 4 is 6.41 Å². The molecule has 4 nitrogen and oxygen atoms in total. The smallest absolute Gasteiger partial charge is 0.207 e. The minimum Gasteiger partial charge on any atom is -0.394 e. The molecule has 0 aromatic heterocycles. The van der Waals surface area contributed by atoms with E-state index in [4.69, 9.17) is 9.84 Å². The van der Waals surface area contributed by atoms with Crippen molar-refractivity contribution in [2.24, 2.45) is 0 Å². The predicted molar refractivity (Wildman–Crippen MR) is 45.8 cm³/mol. The van der Waals surface area contributed by atoms with Crippen LogP contribution in [0.2, 0.25) is 0 Å². The number of rotatable bonds is 5. The number of carbonyl (C=O) groups is 1. The van der Waals surface area contributed by atoms with Crippen molar-refractivity contribution in [1.29, 1.82) is 0 Å². The van der Waals surface area contributed by atoms with E-state index >= 15 is 0 Å². The van der Waals surface area contributed by atoms with Crippen LogP contribution in [0.1, 0.15) is 20.8 Å². The van der Waals surface area contributed by atoms with Crippen molar-refractivity contribution in [2.45, 2.75) is 32.5 Å². The summed E-state index contributed by atoms with van der Waals surface area (Å²) in [5.74, 6) is 0. The van der Waals surface area contributed by atoms with Gasteiger partial charge in [0.05, 0.1) is 18.3 Å². The van der Waals surface area contributed by atoms with Crippen molar-refractivity contribution < 1.29 is 14.6 Å². The van der Waals surface area contributed by atoms with Gasteiger partial charge in [0.2, 0.25) is 6.41 Å². The molecule has 0 saturated heterocycles. The van der Waals surface area contributed by atoms with Gasteiger partial charge in [0.15, 0.2) is 0 Å². The minimum atomic E-state index is -0.324. The molecule has 4 heteroatoms. The van der Waals surface area contributed by atoms with Crippen molar-refractivity contribution in [2.75, 3.05) is 13.2 Å². The summed E-state index contributed by atoms with van der Waals surface area (Å²) in [6, 6.07) is 0. The third-order valence-electron chi connectivity index (χ3n) is 1.15. The number of ether oxygens (including phenoxy) is 1. The first-order chi connectivity index (χ1) is 5.49. The molecule has 0 bridgehead atoms. The standard InChI is InChI=1S/C8H17NO3/c1-8(2,3)12-7(5-10)4-9-6-11/h6-7,10H,4-5H2,1-3H3,(H,9,11). The third kappa shape index (κ3) is 6.12. The van der Waals surface area contributed by atoms with Crippen LogP contribution < -0.4 is 5.32 Å². The van der Waals surface area contributed by atoms with Crippen LogP contribution in [0.25, 0.3) is 0 Å². The number of hydrogen-bond donors (Lipinski definition) is 2. The molecule has 72 valence electrons. The van der Waals surface area contributed by atoms with E-state index in [0.717, 1.165) is 0 Å². The highest BCUT2D eigenvalue weighted by Crippen LogP contribution is 2.09. The number of amides is 1. The average Bonchev–Trinajstić information content (AvgIpc) is 1.95. The fourth-order valence-electron chi connectivity index (χ4n) is 0.823. The summed E-state index contributed by atoms with van der Waals surface area (Å²) in [5, 5.41) is 11.3. The molecule has 0 spiro atoms. The fraction of sp³-hybridized carbons (Fsp3) is 0.875. The first-order valence-corrected chi connectivity index (χ1v) is 3.95. The van der Waals surface area contributed by atoms with Gasteiger partial charge in [0.1, 0.15) is 0 Å². The van der Waals surface area contributed by atoms with Gasteiger partial charge in [0.25, 0.3) is 0 Å². The van der Waals surface area contributed by atoms with Crippen LogP contribution in [0.3, 0.4) is 0 Å². The summed E-state index contributed by atoms with van der Waals surface area (Å²) in [7, 11) is 0. The molecule has 1 atom stereocenters. The number of aliphatic hydroxyl groups excluding tert-OH is 1. The molecule has 0 aliphatic carbocycles. The van der Waals surface area contributed by atoms with Crippen LogP contribution in [-0.2, 0) is 9.53 Å². The van der Waals surface area contributed by atoms with E-state index in [1.807, 2.05) is 20.8 Å². The second-order valence-corrected chi connectivity index (χ2v) is 3.56. The van der Waals surface area contributed by atoms with Crippen molar-refractivity contribution in [1.82, 2.24) is 5.32 Å². The van der Waals surface area contributed by atoms with Crippen LogP contribution in [0.4, 0.5) is 0 Å². The van der Waals surface area contributed by atoms with Crippen LogP contribution >= 0.6 is 0 Å². The molecule has 0 radical (unpaired) electrons. The Balaban J connectivity index is 3.74. The number of nitrogens with one attached hydrogen (secondary N) is 1. The van der Waals surface area contributed by atoms with Gasteiger partial charge in [-0.05, 0) is 20.8 Å². The van der Waals surface area contributed by atoms with Gasteiger partial charge in [-0.2, -0.15) is 0 Å². The zero-order chi connectivity index (χ0) is 9.61. The number of hydrogen-bond acceptors (Lipinski definition) is 3. The maximum absolute atomic E-state index is 9.94. The van der Waals surface area contributed by atoms with Gasteiger partial charge >= 0.3 is 0 Å². The topological polar surface area (TPSA) is 58.6 Å². The van der Waals surface area contributed by atoms with E-state index in [-0.39, 0.29) is 18.3 Å². The van der Waals surface area contributed by atoms with Crippen molar-refractivity contribution in [3.8, 4) is 0 Å². The molecule has 1 amide bonds. The molecule has 0 saturated carbocycles. The lowest BCUT2D eigenvalue weighted by Gasteiger charge is -2.25. The Morgan fingerprint density at radius 3 is 2.50 bits per heavy atom. The Labute approximate surface area is 72.9 Å². The second-order valence-electron chi connectivity index (χ2n) is 3.56. The summed E-state index contributed by atoms with van der Waals surface area (Å²) in [6.07, 6.45) is 0.268. The van der Waals surface area contributed by atoms with Crippen LogP contribution in [-0.4, -0.2) is 36.4 Å². The Bertz CT molecular complexity index is 131.